The summed E-state index contributed by atoms with van der Waals surface area (Å²) in [5.74, 6) is 0. The quantitative estimate of drug-likeness (QED) is 0.620. The second-order valence-corrected chi connectivity index (χ2v) is 5.38. The maximum Gasteiger partial charge on any atom is 0.305 e. The predicted octanol–water partition coefficient (Wildman–Crippen LogP) is 4.32. The lowest BCUT2D eigenvalue weighted by atomic mass is 10.3. The highest BCUT2D eigenvalue weighted by atomic mass is 35.5. The maximum absolute atomic E-state index is 10.7. The van der Waals surface area contributed by atoms with Crippen LogP contribution in [-0.2, 0) is 0 Å². The van der Waals surface area contributed by atoms with E-state index >= 15 is 0 Å². The Bertz CT molecular complexity index is 711. The predicted molar refractivity (Wildman–Crippen MR) is 76.2 cm³/mol. The molecule has 0 amide bonds. The molecule has 1 aromatic carbocycles. The molecule has 0 aliphatic rings. The standard InChI is InChI=1S/C12H5Cl2N3O2S/c13-7-2-1-3-8(14)12(7)20-11-5-4-10(17(18)19)9(6-15)16-11/h1-5H. The van der Waals surface area contributed by atoms with Crippen LogP contribution in [0.15, 0.2) is 40.3 Å². The molecule has 0 saturated carbocycles. The van der Waals surface area contributed by atoms with Crippen LogP contribution < -0.4 is 0 Å². The lowest BCUT2D eigenvalue weighted by Gasteiger charge is -2.05. The molecule has 100 valence electrons. The first-order valence-corrected chi connectivity index (χ1v) is 6.77. The Kier molecular flexibility index (Phi) is 4.45. The van der Waals surface area contributed by atoms with Crippen molar-refractivity contribution in [2.24, 2.45) is 0 Å². The summed E-state index contributed by atoms with van der Waals surface area (Å²) in [6.07, 6.45) is 0. The van der Waals surface area contributed by atoms with Gasteiger partial charge in [0.25, 0.3) is 0 Å². The molecule has 0 unspecified atom stereocenters. The minimum Gasteiger partial charge on any atom is -0.258 e. The number of nitro groups is 1. The number of hydrogen-bond donors (Lipinski definition) is 0. The van der Waals surface area contributed by atoms with Crippen LogP contribution in [0.4, 0.5) is 5.69 Å². The van der Waals surface area contributed by atoms with Gasteiger partial charge < -0.3 is 0 Å². The summed E-state index contributed by atoms with van der Waals surface area (Å²) < 4.78 is 0. The summed E-state index contributed by atoms with van der Waals surface area (Å²) in [6.45, 7) is 0. The Balaban J connectivity index is 2.41. The van der Waals surface area contributed by atoms with Gasteiger partial charge in [-0.1, -0.05) is 41.0 Å². The Morgan fingerprint density at radius 1 is 1.25 bits per heavy atom. The van der Waals surface area contributed by atoms with E-state index in [0.29, 0.717) is 20.0 Å². The lowest BCUT2D eigenvalue weighted by Crippen LogP contribution is -1.96. The number of halogens is 2. The number of hydrogen-bond acceptors (Lipinski definition) is 5. The smallest absolute Gasteiger partial charge is 0.258 e. The van der Waals surface area contributed by atoms with E-state index in [2.05, 4.69) is 4.98 Å². The number of benzene rings is 1. The molecule has 1 aromatic heterocycles. The average Bonchev–Trinajstić information content (AvgIpc) is 2.42. The van der Waals surface area contributed by atoms with Gasteiger partial charge in [-0.2, -0.15) is 5.26 Å². The van der Waals surface area contributed by atoms with Crippen molar-refractivity contribution in [1.29, 1.82) is 5.26 Å². The Morgan fingerprint density at radius 3 is 2.45 bits per heavy atom. The normalized spacial score (nSPS) is 10.1. The first kappa shape index (κ1) is 14.6. The van der Waals surface area contributed by atoms with Gasteiger partial charge in [0, 0.05) is 6.07 Å². The van der Waals surface area contributed by atoms with E-state index in [1.807, 2.05) is 0 Å². The van der Waals surface area contributed by atoms with Crippen molar-refractivity contribution in [3.05, 3.63) is 56.2 Å². The number of nitriles is 1. The van der Waals surface area contributed by atoms with Crippen LogP contribution in [0.25, 0.3) is 0 Å². The van der Waals surface area contributed by atoms with E-state index in [4.69, 9.17) is 28.5 Å². The number of rotatable bonds is 3. The van der Waals surface area contributed by atoms with Crippen LogP contribution in [0.2, 0.25) is 10.0 Å². The summed E-state index contributed by atoms with van der Waals surface area (Å²) >= 11 is 13.2. The zero-order valence-corrected chi connectivity index (χ0v) is 12.0. The van der Waals surface area contributed by atoms with Crippen molar-refractivity contribution in [2.75, 3.05) is 0 Å². The maximum atomic E-state index is 10.7. The molecular formula is C12H5Cl2N3O2S. The van der Waals surface area contributed by atoms with Gasteiger partial charge in [-0.3, -0.25) is 10.1 Å². The van der Waals surface area contributed by atoms with Crippen LogP contribution in [-0.4, -0.2) is 9.91 Å². The molecule has 0 saturated heterocycles. The van der Waals surface area contributed by atoms with Gasteiger partial charge in [-0.15, -0.1) is 0 Å². The summed E-state index contributed by atoms with van der Waals surface area (Å²) in [7, 11) is 0. The molecule has 20 heavy (non-hydrogen) atoms. The van der Waals surface area contributed by atoms with E-state index in [1.165, 1.54) is 12.1 Å². The monoisotopic (exact) mass is 325 g/mol. The molecular weight excluding hydrogens is 321 g/mol. The third kappa shape index (κ3) is 3.02. The highest BCUT2D eigenvalue weighted by Crippen LogP contribution is 2.38. The van der Waals surface area contributed by atoms with Gasteiger partial charge in [0.1, 0.15) is 11.1 Å². The molecule has 0 aliphatic heterocycles. The molecule has 5 nitrogen and oxygen atoms in total. The number of aromatic nitrogens is 1. The van der Waals surface area contributed by atoms with Gasteiger partial charge >= 0.3 is 5.69 Å². The largest absolute Gasteiger partial charge is 0.305 e. The highest BCUT2D eigenvalue weighted by molar-refractivity contribution is 7.99. The summed E-state index contributed by atoms with van der Waals surface area (Å²) in [6, 6.07) is 9.44. The minimum absolute atomic E-state index is 0.247. The Labute approximate surface area is 128 Å². The molecule has 0 radical (unpaired) electrons. The van der Waals surface area contributed by atoms with Crippen molar-refractivity contribution >= 4 is 40.7 Å². The lowest BCUT2D eigenvalue weighted by molar-refractivity contribution is -0.385. The minimum atomic E-state index is -0.650. The average molecular weight is 326 g/mol. The number of pyridine rings is 1. The van der Waals surface area contributed by atoms with E-state index in [1.54, 1.807) is 24.3 Å². The zero-order valence-electron chi connectivity index (χ0n) is 9.71. The molecule has 0 fully saturated rings. The fraction of sp³-hybridized carbons (Fsp3) is 0. The van der Waals surface area contributed by atoms with Crippen LogP contribution in [0, 0.1) is 21.4 Å². The third-order valence-electron chi connectivity index (χ3n) is 2.28. The van der Waals surface area contributed by atoms with Crippen LogP contribution in [0.3, 0.4) is 0 Å². The van der Waals surface area contributed by atoms with Gasteiger partial charge in [-0.05, 0) is 18.2 Å². The second kappa shape index (κ2) is 6.09. The fourth-order valence-corrected chi connectivity index (χ4v) is 2.85. The number of nitrogens with zero attached hydrogens (tertiary/aromatic N) is 3. The molecule has 2 rings (SSSR count). The van der Waals surface area contributed by atoms with Gasteiger partial charge in [0.15, 0.2) is 0 Å². The first-order chi connectivity index (χ1) is 9.52. The van der Waals surface area contributed by atoms with Crippen LogP contribution in [0.5, 0.6) is 0 Å². The molecule has 0 aliphatic carbocycles. The van der Waals surface area contributed by atoms with Crippen molar-refractivity contribution in [3.63, 3.8) is 0 Å². The topological polar surface area (TPSA) is 79.8 Å². The molecule has 0 N–H and O–H groups in total. The Morgan fingerprint density at radius 2 is 1.90 bits per heavy atom. The third-order valence-corrected chi connectivity index (χ3v) is 4.21. The zero-order chi connectivity index (χ0) is 14.7. The van der Waals surface area contributed by atoms with Gasteiger partial charge in [-0.25, -0.2) is 4.98 Å². The van der Waals surface area contributed by atoms with E-state index < -0.39 is 4.92 Å². The van der Waals surface area contributed by atoms with Crippen molar-refractivity contribution in [1.82, 2.24) is 4.98 Å². The molecule has 0 spiro atoms. The fourth-order valence-electron chi connectivity index (χ4n) is 1.40. The van der Waals surface area contributed by atoms with E-state index in [9.17, 15) is 10.1 Å². The van der Waals surface area contributed by atoms with Crippen molar-refractivity contribution in [3.8, 4) is 6.07 Å². The summed E-state index contributed by atoms with van der Waals surface area (Å²) in [5, 5.41) is 20.9. The molecule has 1 heterocycles. The molecule has 0 atom stereocenters. The van der Waals surface area contributed by atoms with Crippen molar-refractivity contribution < 1.29 is 4.92 Å². The molecule has 8 heteroatoms. The summed E-state index contributed by atoms with van der Waals surface area (Å²) in [4.78, 5) is 14.6. The second-order valence-electron chi connectivity index (χ2n) is 3.54. The highest BCUT2D eigenvalue weighted by Gasteiger charge is 2.17. The van der Waals surface area contributed by atoms with Gasteiger partial charge in [0.2, 0.25) is 5.69 Å². The van der Waals surface area contributed by atoms with Crippen LogP contribution in [0.1, 0.15) is 5.69 Å². The van der Waals surface area contributed by atoms with Crippen LogP contribution >= 0.6 is 35.0 Å². The Hall–Kier alpha value is -1.81. The summed E-state index contributed by atoms with van der Waals surface area (Å²) in [5.41, 5.74) is -0.578. The van der Waals surface area contributed by atoms with E-state index in [-0.39, 0.29) is 11.4 Å². The first-order valence-electron chi connectivity index (χ1n) is 5.20. The van der Waals surface area contributed by atoms with E-state index in [0.717, 1.165) is 11.8 Å². The molecule has 2 aromatic rings. The van der Waals surface area contributed by atoms with Gasteiger partial charge in [0.05, 0.1) is 19.9 Å². The SMILES string of the molecule is N#Cc1nc(Sc2c(Cl)cccc2Cl)ccc1[N+](=O)[O-]. The van der Waals surface area contributed by atoms with Crippen molar-refractivity contribution in [2.45, 2.75) is 9.92 Å². The molecule has 0 bridgehead atoms.